The van der Waals surface area contributed by atoms with Gasteiger partial charge in [0, 0.05) is 6.54 Å². The van der Waals surface area contributed by atoms with Crippen molar-refractivity contribution in [1.29, 1.82) is 0 Å². The lowest BCUT2D eigenvalue weighted by Gasteiger charge is -2.39. The summed E-state index contributed by atoms with van der Waals surface area (Å²) in [6, 6.07) is 31.0. The summed E-state index contributed by atoms with van der Waals surface area (Å²) in [5.74, 6) is 0.629. The van der Waals surface area contributed by atoms with E-state index in [-0.39, 0.29) is 12.4 Å². The molecular formula is C25H28ClNO. The molecule has 4 rings (SSSR count). The van der Waals surface area contributed by atoms with Gasteiger partial charge in [0.2, 0.25) is 0 Å². The highest BCUT2D eigenvalue weighted by Crippen LogP contribution is 2.33. The lowest BCUT2D eigenvalue weighted by molar-refractivity contribution is 0.0273. The topological polar surface area (TPSA) is 23.5 Å². The van der Waals surface area contributed by atoms with E-state index in [1.54, 1.807) is 0 Å². The standard InChI is InChI=1S/C25H27NO.ClH/c27-25(23-12-6-2-7-13-23,24-14-8-3-9-15-24)20-26-18-16-22(17-19-26)21-10-4-1-5-11-21;/h1-15,22,27H,16-20H2;1H. The molecule has 0 atom stereocenters. The number of β-amino-alcohol motifs (C(OH)–C–C–N with tert-alkyl or cyclic N) is 1. The molecule has 0 aromatic heterocycles. The number of hydrogen-bond acceptors (Lipinski definition) is 2. The van der Waals surface area contributed by atoms with Gasteiger partial charge in [-0.05, 0) is 48.5 Å². The van der Waals surface area contributed by atoms with Gasteiger partial charge in [-0.2, -0.15) is 0 Å². The summed E-state index contributed by atoms with van der Waals surface area (Å²) < 4.78 is 0. The maximum absolute atomic E-state index is 11.7. The van der Waals surface area contributed by atoms with E-state index in [2.05, 4.69) is 35.2 Å². The predicted octanol–water partition coefficient (Wildman–Crippen LogP) is 5.22. The molecule has 3 aromatic rings. The number of aliphatic hydroxyl groups is 1. The maximum atomic E-state index is 11.7. The molecule has 146 valence electrons. The summed E-state index contributed by atoms with van der Waals surface area (Å²) in [5, 5.41) is 11.7. The van der Waals surface area contributed by atoms with Crippen molar-refractivity contribution in [3.63, 3.8) is 0 Å². The quantitative estimate of drug-likeness (QED) is 0.642. The van der Waals surface area contributed by atoms with Gasteiger partial charge in [0.15, 0.2) is 0 Å². The first-order chi connectivity index (χ1) is 13.3. The molecule has 1 saturated heterocycles. The fourth-order valence-corrected chi connectivity index (χ4v) is 4.25. The molecule has 28 heavy (non-hydrogen) atoms. The molecule has 0 bridgehead atoms. The number of hydrogen-bond donors (Lipinski definition) is 1. The number of piperidine rings is 1. The molecule has 3 heteroatoms. The van der Waals surface area contributed by atoms with Gasteiger partial charge in [-0.25, -0.2) is 0 Å². The summed E-state index contributed by atoms with van der Waals surface area (Å²) in [4.78, 5) is 2.42. The molecule has 1 aliphatic heterocycles. The smallest absolute Gasteiger partial charge is 0.127 e. The van der Waals surface area contributed by atoms with Crippen molar-refractivity contribution in [3.8, 4) is 0 Å². The molecule has 2 nitrogen and oxygen atoms in total. The Morgan fingerprint density at radius 2 is 1.14 bits per heavy atom. The largest absolute Gasteiger partial charge is 0.379 e. The van der Waals surface area contributed by atoms with E-state index < -0.39 is 5.60 Å². The van der Waals surface area contributed by atoms with Gasteiger partial charge >= 0.3 is 0 Å². The molecule has 3 aromatic carbocycles. The zero-order chi connectivity index (χ0) is 18.5. The Balaban J connectivity index is 0.00000225. The molecule has 0 saturated carbocycles. The molecule has 0 amide bonds. The van der Waals surface area contributed by atoms with Crippen molar-refractivity contribution in [2.45, 2.75) is 24.4 Å². The van der Waals surface area contributed by atoms with Crippen molar-refractivity contribution in [3.05, 3.63) is 108 Å². The first kappa shape index (κ1) is 20.6. The minimum atomic E-state index is -0.984. The van der Waals surface area contributed by atoms with E-state index >= 15 is 0 Å². The van der Waals surface area contributed by atoms with Gasteiger partial charge < -0.3 is 5.11 Å². The van der Waals surface area contributed by atoms with Gasteiger partial charge in [0.1, 0.15) is 5.60 Å². The first-order valence-electron chi connectivity index (χ1n) is 9.86. The zero-order valence-corrected chi connectivity index (χ0v) is 16.9. The second kappa shape index (κ2) is 9.38. The molecule has 1 aliphatic rings. The van der Waals surface area contributed by atoms with E-state index in [0.29, 0.717) is 12.5 Å². The van der Waals surface area contributed by atoms with Crippen LogP contribution >= 0.6 is 12.4 Å². The Morgan fingerprint density at radius 3 is 1.61 bits per heavy atom. The van der Waals surface area contributed by atoms with Crippen molar-refractivity contribution in [1.82, 2.24) is 4.90 Å². The zero-order valence-electron chi connectivity index (χ0n) is 16.1. The van der Waals surface area contributed by atoms with Crippen LogP contribution in [0.3, 0.4) is 0 Å². The van der Waals surface area contributed by atoms with Crippen molar-refractivity contribution in [2.24, 2.45) is 0 Å². The summed E-state index contributed by atoms with van der Waals surface area (Å²) in [5.41, 5.74) is 2.38. The van der Waals surface area contributed by atoms with Gasteiger partial charge in [0.05, 0.1) is 0 Å². The number of benzene rings is 3. The van der Waals surface area contributed by atoms with Crippen LogP contribution in [0.15, 0.2) is 91.0 Å². The summed E-state index contributed by atoms with van der Waals surface area (Å²) >= 11 is 0. The maximum Gasteiger partial charge on any atom is 0.127 e. The highest BCUT2D eigenvalue weighted by Gasteiger charge is 2.34. The Kier molecular flexibility index (Phi) is 6.90. The van der Waals surface area contributed by atoms with Crippen molar-refractivity contribution >= 4 is 12.4 Å². The monoisotopic (exact) mass is 393 g/mol. The number of likely N-dealkylation sites (tertiary alicyclic amines) is 1. The Labute approximate surface area is 174 Å². The van der Waals surface area contributed by atoms with E-state index in [4.69, 9.17) is 0 Å². The molecule has 0 aliphatic carbocycles. The predicted molar refractivity (Wildman–Crippen MR) is 118 cm³/mol. The summed E-state index contributed by atoms with van der Waals surface area (Å²) in [6.45, 7) is 2.66. The number of rotatable bonds is 5. The SMILES string of the molecule is Cl.OC(CN1CCC(c2ccccc2)CC1)(c1ccccc1)c1ccccc1. The van der Waals surface area contributed by atoms with Gasteiger partial charge in [0.25, 0.3) is 0 Å². The minimum absolute atomic E-state index is 0. The van der Waals surface area contributed by atoms with Crippen LogP contribution in [0.1, 0.15) is 35.4 Å². The fourth-order valence-electron chi connectivity index (χ4n) is 4.25. The molecule has 1 fully saturated rings. The molecule has 0 radical (unpaired) electrons. The fraction of sp³-hybridized carbons (Fsp3) is 0.280. The van der Waals surface area contributed by atoms with Crippen molar-refractivity contribution < 1.29 is 5.11 Å². The van der Waals surface area contributed by atoms with Crippen LogP contribution in [-0.4, -0.2) is 29.6 Å². The van der Waals surface area contributed by atoms with Crippen LogP contribution < -0.4 is 0 Å². The molecule has 1 heterocycles. The minimum Gasteiger partial charge on any atom is -0.379 e. The van der Waals surface area contributed by atoms with Gasteiger partial charge in [-0.15, -0.1) is 12.4 Å². The van der Waals surface area contributed by atoms with E-state index in [1.807, 2.05) is 60.7 Å². The lowest BCUT2D eigenvalue weighted by Crippen LogP contribution is -2.44. The Bertz CT molecular complexity index is 791. The third-order valence-electron chi connectivity index (χ3n) is 5.81. The van der Waals surface area contributed by atoms with Gasteiger partial charge in [-0.1, -0.05) is 91.0 Å². The van der Waals surface area contributed by atoms with Crippen LogP contribution in [0.5, 0.6) is 0 Å². The molecule has 0 spiro atoms. The average Bonchev–Trinajstić information content (AvgIpc) is 2.76. The molecule has 1 N–H and O–H groups in total. The second-order valence-corrected chi connectivity index (χ2v) is 7.55. The average molecular weight is 394 g/mol. The summed E-state index contributed by atoms with van der Waals surface area (Å²) in [6.07, 6.45) is 2.29. The van der Waals surface area contributed by atoms with E-state index in [9.17, 15) is 5.11 Å². The van der Waals surface area contributed by atoms with Crippen LogP contribution in [0, 0.1) is 0 Å². The van der Waals surface area contributed by atoms with Crippen LogP contribution in [0.2, 0.25) is 0 Å². The van der Waals surface area contributed by atoms with Crippen LogP contribution in [-0.2, 0) is 5.60 Å². The van der Waals surface area contributed by atoms with E-state index in [0.717, 1.165) is 37.1 Å². The van der Waals surface area contributed by atoms with Crippen molar-refractivity contribution in [2.75, 3.05) is 19.6 Å². The van der Waals surface area contributed by atoms with Gasteiger partial charge in [-0.3, -0.25) is 4.90 Å². The Hall–Kier alpha value is -2.13. The van der Waals surface area contributed by atoms with Crippen LogP contribution in [0.4, 0.5) is 0 Å². The lowest BCUT2D eigenvalue weighted by atomic mass is 9.84. The highest BCUT2D eigenvalue weighted by molar-refractivity contribution is 5.85. The number of nitrogens with zero attached hydrogens (tertiary/aromatic N) is 1. The highest BCUT2D eigenvalue weighted by atomic mass is 35.5. The number of halogens is 1. The Morgan fingerprint density at radius 1 is 0.714 bits per heavy atom. The van der Waals surface area contributed by atoms with E-state index in [1.165, 1.54) is 5.56 Å². The molecular weight excluding hydrogens is 366 g/mol. The normalized spacial score (nSPS) is 15.8. The third kappa shape index (κ3) is 4.47. The summed E-state index contributed by atoms with van der Waals surface area (Å²) in [7, 11) is 0. The second-order valence-electron chi connectivity index (χ2n) is 7.55. The third-order valence-corrected chi connectivity index (χ3v) is 5.81. The van der Waals surface area contributed by atoms with Crippen LogP contribution in [0.25, 0.3) is 0 Å². The first-order valence-corrected chi connectivity index (χ1v) is 9.86. The molecule has 0 unspecified atom stereocenters.